The molecule has 0 bridgehead atoms. The highest BCUT2D eigenvalue weighted by molar-refractivity contribution is 14.0. The maximum absolute atomic E-state index is 6.12. The van der Waals surface area contributed by atoms with Gasteiger partial charge in [-0.05, 0) is 54.8 Å². The zero-order valence-corrected chi connectivity index (χ0v) is 19.2. The number of halogens is 2. The minimum absolute atomic E-state index is 0. The standard InChI is InChI=1S/C20H24BrN3O2.HI/c1-25-18-8-6-17(7-9-18)24-19(22)23-14-20(10-12-26-13-11-20)15-2-4-16(21)5-3-15;/h2-9H,10-14H2,1H3,(H3,22,23,24);1H. The lowest BCUT2D eigenvalue weighted by Gasteiger charge is -2.36. The maximum Gasteiger partial charge on any atom is 0.193 e. The Balaban J connectivity index is 0.00000261. The molecule has 0 spiro atoms. The van der Waals surface area contributed by atoms with Crippen molar-refractivity contribution in [2.75, 3.05) is 32.2 Å². The van der Waals surface area contributed by atoms with Crippen molar-refractivity contribution in [2.24, 2.45) is 10.7 Å². The van der Waals surface area contributed by atoms with E-state index in [0.29, 0.717) is 12.5 Å². The van der Waals surface area contributed by atoms with Gasteiger partial charge < -0.3 is 20.5 Å². The molecular weight excluding hydrogens is 521 g/mol. The summed E-state index contributed by atoms with van der Waals surface area (Å²) in [5.74, 6) is 1.22. The Kier molecular flexibility index (Phi) is 8.37. The molecule has 0 unspecified atom stereocenters. The van der Waals surface area contributed by atoms with Gasteiger partial charge in [-0.25, -0.2) is 0 Å². The lowest BCUT2D eigenvalue weighted by atomic mass is 9.74. The largest absolute Gasteiger partial charge is 0.497 e. The molecule has 1 heterocycles. The fourth-order valence-electron chi connectivity index (χ4n) is 3.20. The normalized spacial score (nSPS) is 16.3. The fourth-order valence-corrected chi connectivity index (χ4v) is 3.47. The highest BCUT2D eigenvalue weighted by Gasteiger charge is 2.34. The monoisotopic (exact) mass is 545 g/mol. The number of nitrogens with zero attached hydrogens (tertiary/aromatic N) is 1. The highest BCUT2D eigenvalue weighted by atomic mass is 127. The van der Waals surface area contributed by atoms with E-state index in [0.717, 1.165) is 42.0 Å². The van der Waals surface area contributed by atoms with Crippen molar-refractivity contribution in [2.45, 2.75) is 18.3 Å². The third-order valence-corrected chi connectivity index (χ3v) is 5.35. The summed E-state index contributed by atoms with van der Waals surface area (Å²) >= 11 is 3.51. The van der Waals surface area contributed by atoms with Crippen LogP contribution in [0.2, 0.25) is 0 Å². The van der Waals surface area contributed by atoms with Crippen molar-refractivity contribution < 1.29 is 9.47 Å². The van der Waals surface area contributed by atoms with Crippen LogP contribution in [-0.4, -0.2) is 32.8 Å². The van der Waals surface area contributed by atoms with Gasteiger partial charge >= 0.3 is 0 Å². The first kappa shape index (κ1) is 22.0. The minimum Gasteiger partial charge on any atom is -0.497 e. The third-order valence-electron chi connectivity index (χ3n) is 4.82. The van der Waals surface area contributed by atoms with Gasteiger partial charge in [0.15, 0.2) is 5.96 Å². The number of guanidine groups is 1. The molecule has 1 aliphatic rings. The van der Waals surface area contributed by atoms with E-state index in [4.69, 9.17) is 15.2 Å². The summed E-state index contributed by atoms with van der Waals surface area (Å²) in [6.45, 7) is 2.13. The molecule has 7 heteroatoms. The van der Waals surface area contributed by atoms with Gasteiger partial charge in [-0.2, -0.15) is 0 Å². The molecule has 1 fully saturated rings. The third kappa shape index (κ3) is 5.83. The van der Waals surface area contributed by atoms with Crippen molar-refractivity contribution in [3.63, 3.8) is 0 Å². The van der Waals surface area contributed by atoms with Crippen molar-refractivity contribution in [3.8, 4) is 5.75 Å². The molecule has 0 aromatic heterocycles. The van der Waals surface area contributed by atoms with Crippen LogP contribution in [0.5, 0.6) is 5.75 Å². The van der Waals surface area contributed by atoms with Crippen LogP contribution in [0.15, 0.2) is 58.0 Å². The van der Waals surface area contributed by atoms with Crippen molar-refractivity contribution in [3.05, 3.63) is 58.6 Å². The molecule has 3 rings (SSSR count). The number of nitrogens with one attached hydrogen (secondary N) is 1. The molecule has 146 valence electrons. The second-order valence-corrected chi connectivity index (χ2v) is 7.37. The lowest BCUT2D eigenvalue weighted by molar-refractivity contribution is 0.0531. The van der Waals surface area contributed by atoms with Gasteiger partial charge in [0.05, 0.1) is 13.7 Å². The van der Waals surface area contributed by atoms with Crippen molar-refractivity contribution >= 4 is 51.6 Å². The van der Waals surface area contributed by atoms with Crippen LogP contribution in [0.3, 0.4) is 0 Å². The van der Waals surface area contributed by atoms with Crippen molar-refractivity contribution in [1.82, 2.24) is 0 Å². The Morgan fingerprint density at radius 2 is 1.78 bits per heavy atom. The number of nitrogens with two attached hydrogens (primary N) is 1. The summed E-state index contributed by atoms with van der Waals surface area (Å²) in [6, 6.07) is 16.1. The van der Waals surface area contributed by atoms with Gasteiger partial charge in [-0.15, -0.1) is 24.0 Å². The second-order valence-electron chi connectivity index (χ2n) is 6.45. The lowest BCUT2D eigenvalue weighted by Crippen LogP contribution is -2.38. The molecule has 0 atom stereocenters. The number of aliphatic imine (C=N–C) groups is 1. The Morgan fingerprint density at radius 1 is 1.15 bits per heavy atom. The average molecular weight is 546 g/mol. The summed E-state index contributed by atoms with van der Waals surface area (Å²) in [5, 5.41) is 3.14. The van der Waals surface area contributed by atoms with Crippen LogP contribution >= 0.6 is 39.9 Å². The van der Waals surface area contributed by atoms with Crippen LogP contribution in [-0.2, 0) is 10.2 Å². The molecule has 0 aliphatic carbocycles. The van der Waals surface area contributed by atoms with Crippen LogP contribution in [0, 0.1) is 0 Å². The number of anilines is 1. The maximum atomic E-state index is 6.12. The summed E-state index contributed by atoms with van der Waals surface area (Å²) in [7, 11) is 1.65. The zero-order chi connectivity index (χ0) is 18.4. The quantitative estimate of drug-likeness (QED) is 0.328. The zero-order valence-electron chi connectivity index (χ0n) is 15.3. The predicted octanol–water partition coefficient (Wildman–Crippen LogP) is 4.55. The topological polar surface area (TPSA) is 68.9 Å². The predicted molar refractivity (Wildman–Crippen MR) is 124 cm³/mol. The van der Waals surface area contributed by atoms with E-state index in [9.17, 15) is 0 Å². The number of benzene rings is 2. The van der Waals surface area contributed by atoms with E-state index < -0.39 is 0 Å². The SMILES string of the molecule is COc1ccc(NC(N)=NCC2(c3ccc(Br)cc3)CCOCC2)cc1.I. The van der Waals surface area contributed by atoms with Gasteiger partial charge in [0, 0.05) is 28.8 Å². The molecule has 0 amide bonds. The van der Waals surface area contributed by atoms with E-state index in [1.54, 1.807) is 7.11 Å². The summed E-state index contributed by atoms with van der Waals surface area (Å²) in [4.78, 5) is 4.64. The van der Waals surface area contributed by atoms with Crippen LogP contribution in [0.25, 0.3) is 0 Å². The van der Waals surface area contributed by atoms with E-state index in [-0.39, 0.29) is 29.4 Å². The van der Waals surface area contributed by atoms with Crippen LogP contribution < -0.4 is 15.8 Å². The molecule has 0 saturated carbocycles. The molecule has 27 heavy (non-hydrogen) atoms. The van der Waals surface area contributed by atoms with Gasteiger partial charge in [-0.1, -0.05) is 28.1 Å². The van der Waals surface area contributed by atoms with E-state index >= 15 is 0 Å². The van der Waals surface area contributed by atoms with Gasteiger partial charge in [0.1, 0.15) is 5.75 Å². The molecule has 2 aromatic rings. The number of rotatable bonds is 5. The molecule has 0 radical (unpaired) electrons. The first-order valence-electron chi connectivity index (χ1n) is 8.66. The summed E-state index contributed by atoms with van der Waals surface area (Å²) < 4.78 is 11.8. The molecule has 5 nitrogen and oxygen atoms in total. The number of ether oxygens (including phenoxy) is 2. The number of methoxy groups -OCH3 is 1. The number of hydrogen-bond acceptors (Lipinski definition) is 3. The Bertz CT molecular complexity index is 745. The van der Waals surface area contributed by atoms with E-state index in [1.807, 2.05) is 24.3 Å². The Morgan fingerprint density at radius 3 is 2.37 bits per heavy atom. The number of hydrogen-bond donors (Lipinski definition) is 2. The van der Waals surface area contributed by atoms with Gasteiger partial charge in [0.25, 0.3) is 0 Å². The second kappa shape index (κ2) is 10.3. The van der Waals surface area contributed by atoms with Crippen LogP contribution in [0.1, 0.15) is 18.4 Å². The molecule has 2 aromatic carbocycles. The summed E-state index contributed by atoms with van der Waals surface area (Å²) in [6.07, 6.45) is 1.88. The molecular formula is C20H25BrIN3O2. The summed E-state index contributed by atoms with van der Waals surface area (Å²) in [5.41, 5.74) is 8.26. The molecule has 1 aliphatic heterocycles. The molecule has 3 N–H and O–H groups in total. The van der Waals surface area contributed by atoms with Gasteiger partial charge in [0.2, 0.25) is 0 Å². The first-order chi connectivity index (χ1) is 12.6. The Labute approximate surface area is 185 Å². The smallest absolute Gasteiger partial charge is 0.193 e. The van der Waals surface area contributed by atoms with Gasteiger partial charge in [-0.3, -0.25) is 4.99 Å². The van der Waals surface area contributed by atoms with E-state index in [1.165, 1.54) is 5.56 Å². The highest BCUT2D eigenvalue weighted by Crippen LogP contribution is 2.35. The van der Waals surface area contributed by atoms with Crippen LogP contribution in [0.4, 0.5) is 5.69 Å². The minimum atomic E-state index is -0.0365. The van der Waals surface area contributed by atoms with E-state index in [2.05, 4.69) is 50.5 Å². The molecule has 1 saturated heterocycles. The first-order valence-corrected chi connectivity index (χ1v) is 9.45. The Hall–Kier alpha value is -1.32. The fraction of sp³-hybridized carbons (Fsp3) is 0.350. The van der Waals surface area contributed by atoms with Crippen molar-refractivity contribution in [1.29, 1.82) is 0 Å². The average Bonchev–Trinajstić information content (AvgIpc) is 2.68.